The Morgan fingerprint density at radius 2 is 1.92 bits per heavy atom. The van der Waals surface area contributed by atoms with Crippen molar-refractivity contribution in [3.63, 3.8) is 0 Å². The molecule has 2 fully saturated rings. The van der Waals surface area contributed by atoms with E-state index in [-0.39, 0.29) is 0 Å². The van der Waals surface area contributed by atoms with Crippen LogP contribution in [0, 0.1) is 11.8 Å². The Hall–Kier alpha value is -0.530. The number of nitrogens with one attached hydrogen (secondary N) is 1. The number of amides is 1. The van der Waals surface area contributed by atoms with Crippen molar-refractivity contribution in [3.05, 3.63) is 0 Å². The molecule has 1 aliphatic heterocycles. The molecule has 0 radical (unpaired) electrons. The van der Waals surface area contributed by atoms with Crippen LogP contribution in [0.1, 0.15) is 44.9 Å². The first kappa shape index (κ1) is 9.04. The predicted molar refractivity (Wildman–Crippen MR) is 52.3 cm³/mol. The van der Waals surface area contributed by atoms with Crippen LogP contribution in [0.5, 0.6) is 0 Å². The summed E-state index contributed by atoms with van der Waals surface area (Å²) in [6.07, 6.45) is 8.98. The molecule has 0 bridgehead atoms. The number of carbonyl (C=O) groups excluding carboxylic acids is 1. The molecule has 2 nitrogen and oxygen atoms in total. The standard InChI is InChI=1S/C11H19NO/c13-11-10(6-3-7-12-11)8-9-4-1-2-5-9/h9-10H,1-8H2,(H,12,13). The van der Waals surface area contributed by atoms with E-state index in [9.17, 15) is 4.79 Å². The third kappa shape index (κ3) is 2.23. The Bertz CT molecular complexity index is 185. The highest BCUT2D eigenvalue weighted by molar-refractivity contribution is 5.79. The second-order valence-corrected chi connectivity index (χ2v) is 4.52. The largest absolute Gasteiger partial charge is 0.356 e. The number of hydrogen-bond donors (Lipinski definition) is 1. The quantitative estimate of drug-likeness (QED) is 0.694. The van der Waals surface area contributed by atoms with E-state index in [1.54, 1.807) is 0 Å². The van der Waals surface area contributed by atoms with Crippen molar-refractivity contribution in [3.8, 4) is 0 Å². The molecular formula is C11H19NO. The average Bonchev–Trinajstić information content (AvgIpc) is 2.61. The molecule has 1 heterocycles. The summed E-state index contributed by atoms with van der Waals surface area (Å²) in [7, 11) is 0. The van der Waals surface area contributed by atoms with Crippen LogP contribution in [-0.4, -0.2) is 12.5 Å². The smallest absolute Gasteiger partial charge is 0.223 e. The summed E-state index contributed by atoms with van der Waals surface area (Å²) in [5, 5.41) is 2.97. The summed E-state index contributed by atoms with van der Waals surface area (Å²) >= 11 is 0. The van der Waals surface area contributed by atoms with Crippen LogP contribution in [-0.2, 0) is 4.79 Å². The lowest BCUT2D eigenvalue weighted by molar-refractivity contribution is -0.127. The molecular weight excluding hydrogens is 162 g/mol. The Labute approximate surface area is 80.1 Å². The maximum absolute atomic E-state index is 11.5. The van der Waals surface area contributed by atoms with Gasteiger partial charge in [0.15, 0.2) is 0 Å². The van der Waals surface area contributed by atoms with E-state index >= 15 is 0 Å². The van der Waals surface area contributed by atoms with E-state index in [1.807, 2.05) is 0 Å². The van der Waals surface area contributed by atoms with Gasteiger partial charge in [0, 0.05) is 12.5 Å². The highest BCUT2D eigenvalue weighted by Gasteiger charge is 2.26. The molecule has 0 spiro atoms. The monoisotopic (exact) mass is 181 g/mol. The Morgan fingerprint density at radius 3 is 2.62 bits per heavy atom. The number of rotatable bonds is 2. The second kappa shape index (κ2) is 4.12. The molecule has 0 aromatic heterocycles. The summed E-state index contributed by atoms with van der Waals surface area (Å²) in [6, 6.07) is 0. The summed E-state index contributed by atoms with van der Waals surface area (Å²) in [4.78, 5) is 11.5. The van der Waals surface area contributed by atoms with Gasteiger partial charge in [-0.1, -0.05) is 25.7 Å². The van der Waals surface area contributed by atoms with Crippen molar-refractivity contribution >= 4 is 5.91 Å². The molecule has 2 rings (SSSR count). The van der Waals surface area contributed by atoms with Gasteiger partial charge in [-0.2, -0.15) is 0 Å². The molecule has 0 aromatic rings. The predicted octanol–water partition coefficient (Wildman–Crippen LogP) is 2.09. The zero-order valence-corrected chi connectivity index (χ0v) is 8.22. The first-order chi connectivity index (χ1) is 6.36. The Balaban J connectivity index is 1.81. The van der Waals surface area contributed by atoms with E-state index in [2.05, 4.69) is 5.32 Å². The zero-order valence-electron chi connectivity index (χ0n) is 8.22. The highest BCUT2D eigenvalue weighted by Crippen LogP contribution is 2.32. The summed E-state index contributed by atoms with van der Waals surface area (Å²) in [5.74, 6) is 1.52. The summed E-state index contributed by atoms with van der Waals surface area (Å²) in [6.45, 7) is 0.903. The maximum Gasteiger partial charge on any atom is 0.223 e. The molecule has 1 saturated carbocycles. The highest BCUT2D eigenvalue weighted by atomic mass is 16.1. The normalized spacial score (nSPS) is 30.5. The van der Waals surface area contributed by atoms with E-state index in [0.29, 0.717) is 11.8 Å². The SMILES string of the molecule is O=C1NCCCC1CC1CCCC1. The Morgan fingerprint density at radius 1 is 1.15 bits per heavy atom. The molecule has 1 unspecified atom stereocenters. The molecule has 2 heteroatoms. The van der Waals surface area contributed by atoms with Crippen LogP contribution in [0.4, 0.5) is 0 Å². The van der Waals surface area contributed by atoms with Gasteiger partial charge in [0.05, 0.1) is 0 Å². The van der Waals surface area contributed by atoms with Gasteiger partial charge in [-0.25, -0.2) is 0 Å². The van der Waals surface area contributed by atoms with Crippen molar-refractivity contribution in [2.45, 2.75) is 44.9 Å². The molecule has 1 atom stereocenters. The van der Waals surface area contributed by atoms with Gasteiger partial charge >= 0.3 is 0 Å². The lowest BCUT2D eigenvalue weighted by atomic mass is 9.87. The number of hydrogen-bond acceptors (Lipinski definition) is 1. The lowest BCUT2D eigenvalue weighted by Crippen LogP contribution is -2.37. The second-order valence-electron chi connectivity index (χ2n) is 4.52. The third-order valence-electron chi connectivity index (χ3n) is 3.49. The van der Waals surface area contributed by atoms with Gasteiger partial charge in [0.25, 0.3) is 0 Å². The molecule has 13 heavy (non-hydrogen) atoms. The van der Waals surface area contributed by atoms with Gasteiger partial charge in [0.1, 0.15) is 0 Å². The minimum atomic E-state index is 0.318. The zero-order chi connectivity index (χ0) is 9.10. The van der Waals surface area contributed by atoms with E-state index in [0.717, 1.165) is 25.3 Å². The molecule has 1 saturated heterocycles. The van der Waals surface area contributed by atoms with Crippen molar-refractivity contribution in [2.24, 2.45) is 11.8 Å². The fraction of sp³-hybridized carbons (Fsp3) is 0.909. The van der Waals surface area contributed by atoms with Crippen LogP contribution in [0.25, 0.3) is 0 Å². The van der Waals surface area contributed by atoms with Gasteiger partial charge in [0.2, 0.25) is 5.91 Å². The third-order valence-corrected chi connectivity index (χ3v) is 3.49. The van der Waals surface area contributed by atoms with Crippen molar-refractivity contribution < 1.29 is 4.79 Å². The van der Waals surface area contributed by atoms with Crippen LogP contribution < -0.4 is 5.32 Å². The van der Waals surface area contributed by atoms with Crippen molar-refractivity contribution in [2.75, 3.05) is 6.54 Å². The Kier molecular flexibility index (Phi) is 2.87. The van der Waals surface area contributed by atoms with E-state index in [4.69, 9.17) is 0 Å². The molecule has 74 valence electrons. The summed E-state index contributed by atoms with van der Waals surface area (Å²) < 4.78 is 0. The molecule has 0 aromatic carbocycles. The maximum atomic E-state index is 11.5. The molecule has 2 aliphatic rings. The minimum Gasteiger partial charge on any atom is -0.356 e. The topological polar surface area (TPSA) is 29.1 Å². The van der Waals surface area contributed by atoms with Crippen LogP contribution in [0.3, 0.4) is 0 Å². The lowest BCUT2D eigenvalue weighted by Gasteiger charge is -2.24. The van der Waals surface area contributed by atoms with Gasteiger partial charge in [-0.15, -0.1) is 0 Å². The molecule has 1 N–H and O–H groups in total. The summed E-state index contributed by atoms with van der Waals surface area (Å²) in [5.41, 5.74) is 0. The number of piperidine rings is 1. The number of carbonyl (C=O) groups is 1. The average molecular weight is 181 g/mol. The van der Waals surface area contributed by atoms with Crippen molar-refractivity contribution in [1.82, 2.24) is 5.32 Å². The van der Waals surface area contributed by atoms with E-state index < -0.39 is 0 Å². The first-order valence-corrected chi connectivity index (χ1v) is 5.64. The first-order valence-electron chi connectivity index (χ1n) is 5.64. The molecule has 1 aliphatic carbocycles. The van der Waals surface area contributed by atoms with Crippen LogP contribution in [0.2, 0.25) is 0 Å². The van der Waals surface area contributed by atoms with E-state index in [1.165, 1.54) is 32.1 Å². The van der Waals surface area contributed by atoms with Gasteiger partial charge in [-0.05, 0) is 25.2 Å². The van der Waals surface area contributed by atoms with Crippen LogP contribution >= 0.6 is 0 Å². The van der Waals surface area contributed by atoms with Gasteiger partial charge in [-0.3, -0.25) is 4.79 Å². The fourth-order valence-electron chi connectivity index (χ4n) is 2.71. The van der Waals surface area contributed by atoms with Gasteiger partial charge < -0.3 is 5.32 Å². The fourth-order valence-corrected chi connectivity index (χ4v) is 2.71. The van der Waals surface area contributed by atoms with Crippen LogP contribution in [0.15, 0.2) is 0 Å². The molecule has 1 amide bonds. The minimum absolute atomic E-state index is 0.318. The van der Waals surface area contributed by atoms with Crippen molar-refractivity contribution in [1.29, 1.82) is 0 Å².